The summed E-state index contributed by atoms with van der Waals surface area (Å²) in [6, 6.07) is 0. The van der Waals surface area contributed by atoms with Gasteiger partial charge < -0.3 is 5.11 Å². The third-order valence-electron chi connectivity index (χ3n) is 3.40. The second kappa shape index (κ2) is 5.83. The molecule has 1 heterocycles. The minimum Gasteiger partial charge on any atom is -0.389 e. The fraction of sp³-hybridized carbons (Fsp3) is 0.692. The highest BCUT2D eigenvalue weighted by Crippen LogP contribution is 2.25. The topological polar surface area (TPSA) is 46.0 Å². The molecule has 0 spiro atoms. The third-order valence-corrected chi connectivity index (χ3v) is 4.52. The van der Waals surface area contributed by atoms with E-state index in [0.29, 0.717) is 5.75 Å². The lowest BCUT2D eigenvalue weighted by molar-refractivity contribution is 0.0571. The standard InChI is InChI=1S/C13H22N2OS/c1-6-13(16,7-2)8-17-12-14-10(4)9(3)11(5)15-12/h16H,6-8H2,1-5H3. The van der Waals surface area contributed by atoms with E-state index in [2.05, 4.69) is 9.97 Å². The van der Waals surface area contributed by atoms with Gasteiger partial charge in [-0.1, -0.05) is 25.6 Å². The maximum Gasteiger partial charge on any atom is 0.188 e. The molecule has 0 aromatic carbocycles. The Labute approximate surface area is 108 Å². The Morgan fingerprint density at radius 2 is 1.53 bits per heavy atom. The molecule has 17 heavy (non-hydrogen) atoms. The van der Waals surface area contributed by atoms with E-state index >= 15 is 0 Å². The summed E-state index contributed by atoms with van der Waals surface area (Å²) in [7, 11) is 0. The number of hydrogen-bond acceptors (Lipinski definition) is 4. The van der Waals surface area contributed by atoms with Crippen LogP contribution in [0.1, 0.15) is 43.6 Å². The van der Waals surface area contributed by atoms with Crippen molar-refractivity contribution in [3.8, 4) is 0 Å². The molecule has 0 aliphatic rings. The van der Waals surface area contributed by atoms with E-state index in [-0.39, 0.29) is 0 Å². The molecule has 0 aliphatic carbocycles. The zero-order valence-electron chi connectivity index (χ0n) is 11.4. The lowest BCUT2D eigenvalue weighted by Crippen LogP contribution is -2.29. The number of aliphatic hydroxyl groups is 1. The first-order valence-corrected chi connectivity index (χ1v) is 7.07. The molecule has 1 aromatic heterocycles. The Kier molecular flexibility index (Phi) is 4.95. The van der Waals surface area contributed by atoms with Gasteiger partial charge in [-0.2, -0.15) is 0 Å². The molecule has 0 aliphatic heterocycles. The van der Waals surface area contributed by atoms with Gasteiger partial charge in [-0.15, -0.1) is 0 Å². The van der Waals surface area contributed by atoms with Gasteiger partial charge in [0.15, 0.2) is 5.16 Å². The summed E-state index contributed by atoms with van der Waals surface area (Å²) in [6.45, 7) is 10.1. The first kappa shape index (κ1) is 14.5. The summed E-state index contributed by atoms with van der Waals surface area (Å²) in [4.78, 5) is 8.89. The Bertz CT molecular complexity index is 366. The normalized spacial score (nSPS) is 11.9. The van der Waals surface area contributed by atoms with E-state index in [1.807, 2.05) is 34.6 Å². The van der Waals surface area contributed by atoms with Crippen molar-refractivity contribution in [1.29, 1.82) is 0 Å². The summed E-state index contributed by atoms with van der Waals surface area (Å²) < 4.78 is 0. The molecule has 1 rings (SSSR count). The van der Waals surface area contributed by atoms with Gasteiger partial charge in [-0.05, 0) is 39.2 Å². The molecule has 0 saturated carbocycles. The van der Waals surface area contributed by atoms with Gasteiger partial charge in [0.2, 0.25) is 0 Å². The number of nitrogens with zero attached hydrogens (tertiary/aromatic N) is 2. The lowest BCUT2D eigenvalue weighted by atomic mass is 10.0. The molecule has 0 atom stereocenters. The summed E-state index contributed by atoms with van der Waals surface area (Å²) >= 11 is 1.54. The van der Waals surface area contributed by atoms with Crippen LogP contribution in [0.15, 0.2) is 5.16 Å². The predicted molar refractivity (Wildman–Crippen MR) is 72.5 cm³/mol. The summed E-state index contributed by atoms with van der Waals surface area (Å²) in [5.41, 5.74) is 2.60. The van der Waals surface area contributed by atoms with Gasteiger partial charge in [-0.25, -0.2) is 9.97 Å². The molecule has 0 saturated heterocycles. The van der Waals surface area contributed by atoms with Crippen LogP contribution in [-0.4, -0.2) is 26.4 Å². The van der Waals surface area contributed by atoms with Crippen LogP contribution in [0, 0.1) is 20.8 Å². The highest BCUT2D eigenvalue weighted by atomic mass is 32.2. The second-order valence-electron chi connectivity index (χ2n) is 4.52. The van der Waals surface area contributed by atoms with Crippen LogP contribution in [0.2, 0.25) is 0 Å². The van der Waals surface area contributed by atoms with Crippen molar-refractivity contribution in [1.82, 2.24) is 9.97 Å². The van der Waals surface area contributed by atoms with Crippen LogP contribution in [0.5, 0.6) is 0 Å². The van der Waals surface area contributed by atoms with Crippen molar-refractivity contribution in [2.24, 2.45) is 0 Å². The SMILES string of the molecule is CCC(O)(CC)CSc1nc(C)c(C)c(C)n1. The van der Waals surface area contributed by atoms with Gasteiger partial charge in [0.05, 0.1) is 5.60 Å². The molecule has 0 amide bonds. The molecule has 3 nitrogen and oxygen atoms in total. The Morgan fingerprint density at radius 3 is 1.94 bits per heavy atom. The minimum absolute atomic E-state index is 0.597. The van der Waals surface area contributed by atoms with Crippen molar-refractivity contribution >= 4 is 11.8 Å². The highest BCUT2D eigenvalue weighted by molar-refractivity contribution is 7.99. The van der Waals surface area contributed by atoms with Crippen molar-refractivity contribution in [3.63, 3.8) is 0 Å². The minimum atomic E-state index is -0.597. The Morgan fingerprint density at radius 1 is 1.06 bits per heavy atom. The van der Waals surface area contributed by atoms with E-state index in [9.17, 15) is 5.11 Å². The van der Waals surface area contributed by atoms with Gasteiger partial charge in [0.25, 0.3) is 0 Å². The van der Waals surface area contributed by atoms with E-state index < -0.39 is 5.60 Å². The average molecular weight is 254 g/mol. The number of rotatable bonds is 5. The molecular formula is C13H22N2OS. The fourth-order valence-corrected chi connectivity index (χ4v) is 2.67. The quantitative estimate of drug-likeness (QED) is 0.648. The van der Waals surface area contributed by atoms with Crippen LogP contribution in [0.4, 0.5) is 0 Å². The van der Waals surface area contributed by atoms with E-state index in [0.717, 1.165) is 34.9 Å². The monoisotopic (exact) mass is 254 g/mol. The van der Waals surface area contributed by atoms with Crippen LogP contribution >= 0.6 is 11.8 Å². The summed E-state index contributed by atoms with van der Waals surface area (Å²) in [5, 5.41) is 11.0. The van der Waals surface area contributed by atoms with Crippen LogP contribution < -0.4 is 0 Å². The van der Waals surface area contributed by atoms with Gasteiger partial charge in [0.1, 0.15) is 0 Å². The molecule has 0 bridgehead atoms. The summed E-state index contributed by atoms with van der Waals surface area (Å²) in [5.74, 6) is 0.655. The second-order valence-corrected chi connectivity index (χ2v) is 5.46. The first-order valence-electron chi connectivity index (χ1n) is 6.09. The molecular weight excluding hydrogens is 232 g/mol. The number of thioether (sulfide) groups is 1. The van der Waals surface area contributed by atoms with Gasteiger partial charge in [-0.3, -0.25) is 0 Å². The Hall–Kier alpha value is -0.610. The molecule has 4 heteroatoms. The smallest absolute Gasteiger partial charge is 0.188 e. The largest absolute Gasteiger partial charge is 0.389 e. The van der Waals surface area contributed by atoms with Crippen LogP contribution in [-0.2, 0) is 0 Å². The van der Waals surface area contributed by atoms with Crippen molar-refractivity contribution in [2.75, 3.05) is 5.75 Å². The van der Waals surface area contributed by atoms with E-state index in [1.54, 1.807) is 11.8 Å². The fourth-order valence-electron chi connectivity index (χ4n) is 1.46. The maximum atomic E-state index is 10.2. The molecule has 1 aromatic rings. The molecule has 96 valence electrons. The number of aryl methyl sites for hydroxylation is 2. The van der Waals surface area contributed by atoms with Crippen molar-refractivity contribution in [2.45, 2.75) is 58.2 Å². The van der Waals surface area contributed by atoms with Crippen LogP contribution in [0.3, 0.4) is 0 Å². The zero-order valence-corrected chi connectivity index (χ0v) is 12.2. The molecule has 1 N–H and O–H groups in total. The highest BCUT2D eigenvalue weighted by Gasteiger charge is 2.23. The van der Waals surface area contributed by atoms with Gasteiger partial charge in [0, 0.05) is 17.1 Å². The van der Waals surface area contributed by atoms with Gasteiger partial charge >= 0.3 is 0 Å². The molecule has 0 fully saturated rings. The maximum absolute atomic E-state index is 10.2. The van der Waals surface area contributed by atoms with E-state index in [4.69, 9.17) is 0 Å². The zero-order chi connectivity index (χ0) is 13.1. The lowest BCUT2D eigenvalue weighted by Gasteiger charge is -2.24. The molecule has 0 radical (unpaired) electrons. The number of hydrogen-bond donors (Lipinski definition) is 1. The Balaban J connectivity index is 2.76. The number of aromatic nitrogens is 2. The summed E-state index contributed by atoms with van der Waals surface area (Å²) in [6.07, 6.45) is 1.53. The van der Waals surface area contributed by atoms with Crippen LogP contribution in [0.25, 0.3) is 0 Å². The first-order chi connectivity index (χ1) is 7.91. The van der Waals surface area contributed by atoms with Crippen molar-refractivity contribution in [3.05, 3.63) is 17.0 Å². The van der Waals surface area contributed by atoms with Crippen molar-refractivity contribution < 1.29 is 5.11 Å². The predicted octanol–water partition coefficient (Wildman–Crippen LogP) is 3.05. The average Bonchev–Trinajstić information content (AvgIpc) is 2.32. The third kappa shape index (κ3) is 3.68. The van der Waals surface area contributed by atoms with E-state index in [1.165, 1.54) is 0 Å². The molecule has 0 unspecified atom stereocenters.